The number of rotatable bonds is 2. The van der Waals surface area contributed by atoms with E-state index in [0.717, 1.165) is 6.42 Å². The van der Waals surface area contributed by atoms with E-state index >= 15 is 0 Å². The van der Waals surface area contributed by atoms with Crippen LogP contribution >= 0.6 is 0 Å². The van der Waals surface area contributed by atoms with E-state index in [1.807, 2.05) is 0 Å². The number of carbonyl (C=O) groups is 1. The van der Waals surface area contributed by atoms with Gasteiger partial charge in [0.05, 0.1) is 0 Å². The third-order valence-electron chi connectivity index (χ3n) is 2.45. The van der Waals surface area contributed by atoms with Crippen LogP contribution in [0.5, 0.6) is 0 Å². The Kier molecular flexibility index (Phi) is 2.45. The molecule has 14 heavy (non-hydrogen) atoms. The van der Waals surface area contributed by atoms with Crippen molar-refractivity contribution < 1.29 is 9.90 Å². The number of aromatic amines is 1. The highest BCUT2D eigenvalue weighted by Crippen LogP contribution is 2.16. The van der Waals surface area contributed by atoms with E-state index in [2.05, 4.69) is 15.2 Å². The highest BCUT2D eigenvalue weighted by Gasteiger charge is 2.27. The summed E-state index contributed by atoms with van der Waals surface area (Å²) in [6.45, 7) is 1.43. The van der Waals surface area contributed by atoms with E-state index in [4.69, 9.17) is 5.11 Å². The number of aromatic nitrogens is 3. The number of nitrogens with one attached hydrogen (secondary N) is 1. The van der Waals surface area contributed by atoms with E-state index in [0.29, 0.717) is 13.1 Å². The first kappa shape index (κ1) is 9.14. The standard InChI is InChI=1S/C8H12N4O2/c13-4-6-1-2-12(3-6)8(14)7-9-5-10-11-7/h5-6,13H,1-4H2,(H,9,10,11). The number of amides is 1. The maximum Gasteiger partial charge on any atom is 0.291 e. The lowest BCUT2D eigenvalue weighted by Crippen LogP contribution is -2.30. The lowest BCUT2D eigenvalue weighted by atomic mass is 10.1. The summed E-state index contributed by atoms with van der Waals surface area (Å²) < 4.78 is 0. The molecule has 0 aromatic carbocycles. The SMILES string of the molecule is O=C(c1ncn[nH]1)N1CCC(CO)C1. The summed E-state index contributed by atoms with van der Waals surface area (Å²) in [5.41, 5.74) is 0. The van der Waals surface area contributed by atoms with Crippen molar-refractivity contribution in [3.05, 3.63) is 12.2 Å². The lowest BCUT2D eigenvalue weighted by molar-refractivity contribution is 0.0770. The summed E-state index contributed by atoms with van der Waals surface area (Å²) in [5.74, 6) is 0.337. The molecule has 0 spiro atoms. The topological polar surface area (TPSA) is 82.1 Å². The number of likely N-dealkylation sites (tertiary alicyclic amines) is 1. The van der Waals surface area contributed by atoms with Gasteiger partial charge in [-0.15, -0.1) is 0 Å². The molecule has 2 N–H and O–H groups in total. The Morgan fingerprint density at radius 2 is 2.64 bits per heavy atom. The van der Waals surface area contributed by atoms with E-state index in [1.165, 1.54) is 6.33 Å². The lowest BCUT2D eigenvalue weighted by Gasteiger charge is -2.13. The Balaban J connectivity index is 2.00. The molecule has 1 aromatic heterocycles. The second-order valence-electron chi connectivity index (χ2n) is 3.42. The molecule has 1 aliphatic heterocycles. The predicted octanol–water partition coefficient (Wildman–Crippen LogP) is -0.741. The second kappa shape index (κ2) is 3.75. The van der Waals surface area contributed by atoms with Crippen molar-refractivity contribution in [3.63, 3.8) is 0 Å². The Labute approximate surface area is 80.9 Å². The van der Waals surface area contributed by atoms with Gasteiger partial charge in [0, 0.05) is 25.6 Å². The van der Waals surface area contributed by atoms with Crippen LogP contribution in [-0.4, -0.2) is 50.8 Å². The normalized spacial score (nSPS) is 21.5. The number of aliphatic hydroxyl groups is 1. The molecule has 1 unspecified atom stereocenters. The van der Waals surface area contributed by atoms with Crippen LogP contribution in [0.1, 0.15) is 17.0 Å². The van der Waals surface area contributed by atoms with Crippen molar-refractivity contribution >= 4 is 5.91 Å². The van der Waals surface area contributed by atoms with Gasteiger partial charge < -0.3 is 10.0 Å². The minimum atomic E-state index is -0.140. The molecule has 1 aliphatic rings. The molecule has 0 saturated carbocycles. The molecule has 0 bridgehead atoms. The Hall–Kier alpha value is -1.43. The van der Waals surface area contributed by atoms with Crippen molar-refractivity contribution in [1.29, 1.82) is 0 Å². The van der Waals surface area contributed by atoms with E-state index < -0.39 is 0 Å². The maximum absolute atomic E-state index is 11.7. The first-order valence-electron chi connectivity index (χ1n) is 4.56. The zero-order valence-electron chi connectivity index (χ0n) is 7.68. The summed E-state index contributed by atoms with van der Waals surface area (Å²) in [5, 5.41) is 15.1. The molecule has 0 radical (unpaired) electrons. The van der Waals surface area contributed by atoms with E-state index in [1.54, 1.807) is 4.90 Å². The fourth-order valence-corrected chi connectivity index (χ4v) is 1.62. The summed E-state index contributed by atoms with van der Waals surface area (Å²) in [6.07, 6.45) is 2.17. The molecule has 1 atom stereocenters. The van der Waals surface area contributed by atoms with Crippen molar-refractivity contribution in [3.8, 4) is 0 Å². The number of hydrogen-bond acceptors (Lipinski definition) is 4. The summed E-state index contributed by atoms with van der Waals surface area (Å²) >= 11 is 0. The Morgan fingerprint density at radius 1 is 1.79 bits per heavy atom. The smallest absolute Gasteiger partial charge is 0.291 e. The average molecular weight is 196 g/mol. The molecule has 1 saturated heterocycles. The second-order valence-corrected chi connectivity index (χ2v) is 3.42. The van der Waals surface area contributed by atoms with Gasteiger partial charge in [0.2, 0.25) is 5.82 Å². The quantitative estimate of drug-likeness (QED) is 0.652. The molecule has 76 valence electrons. The van der Waals surface area contributed by atoms with Crippen LogP contribution in [0.15, 0.2) is 6.33 Å². The minimum absolute atomic E-state index is 0.139. The van der Waals surface area contributed by atoms with Crippen molar-refractivity contribution in [2.45, 2.75) is 6.42 Å². The van der Waals surface area contributed by atoms with Gasteiger partial charge in [-0.2, -0.15) is 5.10 Å². The van der Waals surface area contributed by atoms with Gasteiger partial charge >= 0.3 is 0 Å². The molecule has 0 aliphatic carbocycles. The van der Waals surface area contributed by atoms with Crippen molar-refractivity contribution in [1.82, 2.24) is 20.1 Å². The highest BCUT2D eigenvalue weighted by molar-refractivity contribution is 5.90. The van der Waals surface area contributed by atoms with Crippen molar-refractivity contribution in [2.75, 3.05) is 19.7 Å². The van der Waals surface area contributed by atoms with Gasteiger partial charge in [0.1, 0.15) is 6.33 Å². The minimum Gasteiger partial charge on any atom is -0.396 e. The fourth-order valence-electron chi connectivity index (χ4n) is 1.62. The van der Waals surface area contributed by atoms with Gasteiger partial charge in [-0.05, 0) is 6.42 Å². The van der Waals surface area contributed by atoms with Crippen LogP contribution < -0.4 is 0 Å². The highest BCUT2D eigenvalue weighted by atomic mass is 16.3. The summed E-state index contributed by atoms with van der Waals surface area (Å²) in [7, 11) is 0. The molecule has 1 amide bonds. The number of hydrogen-bond donors (Lipinski definition) is 2. The van der Waals surface area contributed by atoms with Crippen LogP contribution in [0.4, 0.5) is 0 Å². The zero-order valence-corrected chi connectivity index (χ0v) is 7.68. The van der Waals surface area contributed by atoms with Crippen LogP contribution in [0.3, 0.4) is 0 Å². The van der Waals surface area contributed by atoms with Crippen LogP contribution in [0, 0.1) is 5.92 Å². The molecule has 1 fully saturated rings. The summed E-state index contributed by atoms with van der Waals surface area (Å²) in [6, 6.07) is 0. The Bertz CT molecular complexity index is 311. The first-order valence-corrected chi connectivity index (χ1v) is 4.56. The third-order valence-corrected chi connectivity index (χ3v) is 2.45. The number of aliphatic hydroxyl groups excluding tert-OH is 1. The Morgan fingerprint density at radius 3 is 3.21 bits per heavy atom. The molecule has 1 aromatic rings. The van der Waals surface area contributed by atoms with Gasteiger partial charge in [-0.25, -0.2) is 4.98 Å². The molecule has 2 rings (SSSR count). The monoisotopic (exact) mass is 196 g/mol. The number of H-pyrrole nitrogens is 1. The third kappa shape index (κ3) is 1.60. The first-order chi connectivity index (χ1) is 6.81. The number of carbonyl (C=O) groups excluding carboxylic acids is 1. The average Bonchev–Trinajstić information content (AvgIpc) is 2.88. The summed E-state index contributed by atoms with van der Waals surface area (Å²) in [4.78, 5) is 17.2. The van der Waals surface area contributed by atoms with Gasteiger partial charge in [-0.1, -0.05) is 0 Å². The van der Waals surface area contributed by atoms with Crippen LogP contribution in [-0.2, 0) is 0 Å². The number of nitrogens with zero attached hydrogens (tertiary/aromatic N) is 3. The van der Waals surface area contributed by atoms with Gasteiger partial charge in [0.15, 0.2) is 0 Å². The van der Waals surface area contributed by atoms with Gasteiger partial charge in [0.25, 0.3) is 5.91 Å². The van der Waals surface area contributed by atoms with Crippen molar-refractivity contribution in [2.24, 2.45) is 5.92 Å². The zero-order chi connectivity index (χ0) is 9.97. The van der Waals surface area contributed by atoms with Gasteiger partial charge in [-0.3, -0.25) is 9.89 Å². The van der Waals surface area contributed by atoms with E-state index in [9.17, 15) is 4.79 Å². The molecular formula is C8H12N4O2. The molecule has 6 heteroatoms. The fraction of sp³-hybridized carbons (Fsp3) is 0.625. The van der Waals surface area contributed by atoms with E-state index in [-0.39, 0.29) is 24.3 Å². The molecular weight excluding hydrogens is 184 g/mol. The van der Waals surface area contributed by atoms with Crippen LogP contribution in [0.25, 0.3) is 0 Å². The maximum atomic E-state index is 11.7. The molecule has 2 heterocycles. The largest absolute Gasteiger partial charge is 0.396 e. The van der Waals surface area contributed by atoms with Crippen LogP contribution in [0.2, 0.25) is 0 Å². The predicted molar refractivity (Wildman–Crippen MR) is 47.5 cm³/mol. The molecule has 6 nitrogen and oxygen atoms in total.